The van der Waals surface area contributed by atoms with Crippen LogP contribution < -0.4 is 0 Å². The predicted molar refractivity (Wildman–Crippen MR) is 64.9 cm³/mol. The van der Waals surface area contributed by atoms with Gasteiger partial charge in [-0.3, -0.25) is 0 Å². The molecule has 3 nitrogen and oxygen atoms in total. The van der Waals surface area contributed by atoms with Crippen molar-refractivity contribution in [3.63, 3.8) is 0 Å². The Kier molecular flexibility index (Phi) is 3.82. The Morgan fingerprint density at radius 2 is 1.62 bits per heavy atom. The zero-order valence-electron chi connectivity index (χ0n) is 10.4. The lowest BCUT2D eigenvalue weighted by Crippen LogP contribution is -2.07. The summed E-state index contributed by atoms with van der Waals surface area (Å²) in [5, 5.41) is 3.67. The maximum Gasteiger partial charge on any atom is 0.366 e. The SMILES string of the molecule is CC(C)=NOC(=O)c1c(C)cc(C)cc1C. The van der Waals surface area contributed by atoms with Gasteiger partial charge in [0.15, 0.2) is 0 Å². The van der Waals surface area contributed by atoms with Crippen LogP contribution in [0.25, 0.3) is 0 Å². The van der Waals surface area contributed by atoms with Crippen LogP contribution in [0.5, 0.6) is 0 Å². The first-order chi connectivity index (χ1) is 7.41. The highest BCUT2D eigenvalue weighted by atomic mass is 16.7. The normalized spacial score (nSPS) is 9.81. The van der Waals surface area contributed by atoms with Gasteiger partial charge in [0.2, 0.25) is 0 Å². The lowest BCUT2D eigenvalue weighted by molar-refractivity contribution is 0.0514. The molecule has 86 valence electrons. The number of hydrogen-bond donors (Lipinski definition) is 0. The molecule has 0 radical (unpaired) electrons. The van der Waals surface area contributed by atoms with E-state index in [1.165, 1.54) is 0 Å². The quantitative estimate of drug-likeness (QED) is 0.435. The molecule has 0 fully saturated rings. The first kappa shape index (κ1) is 12.4. The summed E-state index contributed by atoms with van der Waals surface area (Å²) in [6.45, 7) is 9.37. The smallest absolute Gasteiger partial charge is 0.313 e. The largest absolute Gasteiger partial charge is 0.366 e. The summed E-state index contributed by atoms with van der Waals surface area (Å²) in [5.74, 6) is -0.392. The molecule has 0 saturated carbocycles. The first-order valence-corrected chi connectivity index (χ1v) is 5.22. The molecule has 0 saturated heterocycles. The Bertz CT molecular complexity index is 420. The topological polar surface area (TPSA) is 38.7 Å². The molecule has 0 aliphatic carbocycles. The number of rotatable bonds is 2. The minimum absolute atomic E-state index is 0.392. The van der Waals surface area contributed by atoms with Crippen molar-refractivity contribution in [3.05, 3.63) is 34.4 Å². The fourth-order valence-corrected chi connectivity index (χ4v) is 1.68. The van der Waals surface area contributed by atoms with Crippen LogP contribution in [0.3, 0.4) is 0 Å². The molecule has 0 unspecified atom stereocenters. The van der Waals surface area contributed by atoms with Crippen molar-refractivity contribution < 1.29 is 9.63 Å². The van der Waals surface area contributed by atoms with Gasteiger partial charge in [0.05, 0.1) is 11.3 Å². The van der Waals surface area contributed by atoms with Gasteiger partial charge in [-0.05, 0) is 45.7 Å². The summed E-state index contributed by atoms with van der Waals surface area (Å²) >= 11 is 0. The summed E-state index contributed by atoms with van der Waals surface area (Å²) in [4.78, 5) is 16.6. The zero-order valence-corrected chi connectivity index (χ0v) is 10.4. The van der Waals surface area contributed by atoms with Crippen LogP contribution in [-0.4, -0.2) is 11.7 Å². The highest BCUT2D eigenvalue weighted by molar-refractivity contribution is 5.93. The number of aryl methyl sites for hydroxylation is 3. The molecule has 0 aromatic heterocycles. The first-order valence-electron chi connectivity index (χ1n) is 5.22. The van der Waals surface area contributed by atoms with E-state index < -0.39 is 5.97 Å². The van der Waals surface area contributed by atoms with Crippen LogP contribution in [0, 0.1) is 20.8 Å². The van der Waals surface area contributed by atoms with E-state index >= 15 is 0 Å². The standard InChI is InChI=1S/C13H17NO2/c1-8(2)14-16-13(15)12-10(4)6-9(3)7-11(12)5/h6-7H,1-5H3. The van der Waals surface area contributed by atoms with Gasteiger partial charge in [-0.25, -0.2) is 4.79 Å². The Labute approximate surface area is 96.1 Å². The highest BCUT2D eigenvalue weighted by Crippen LogP contribution is 2.17. The number of benzene rings is 1. The van der Waals surface area contributed by atoms with Gasteiger partial charge < -0.3 is 4.84 Å². The van der Waals surface area contributed by atoms with E-state index in [4.69, 9.17) is 4.84 Å². The third kappa shape index (κ3) is 2.92. The number of hydrogen-bond acceptors (Lipinski definition) is 3. The van der Waals surface area contributed by atoms with Gasteiger partial charge in [0, 0.05) is 0 Å². The van der Waals surface area contributed by atoms with Crippen molar-refractivity contribution in [1.82, 2.24) is 0 Å². The van der Waals surface area contributed by atoms with E-state index in [-0.39, 0.29) is 0 Å². The molecule has 0 heterocycles. The molecule has 1 aromatic carbocycles. The maximum absolute atomic E-state index is 11.8. The molecule has 0 bridgehead atoms. The molecular formula is C13H17NO2. The zero-order chi connectivity index (χ0) is 12.3. The van der Waals surface area contributed by atoms with Crippen LogP contribution in [0.2, 0.25) is 0 Å². The molecule has 0 amide bonds. The average molecular weight is 219 g/mol. The average Bonchev–Trinajstić information content (AvgIpc) is 2.12. The second-order valence-corrected chi connectivity index (χ2v) is 4.19. The van der Waals surface area contributed by atoms with E-state index in [1.807, 2.05) is 32.9 Å². The summed E-state index contributed by atoms with van der Waals surface area (Å²) in [6, 6.07) is 3.93. The summed E-state index contributed by atoms with van der Waals surface area (Å²) in [7, 11) is 0. The third-order valence-corrected chi connectivity index (χ3v) is 2.19. The minimum atomic E-state index is -0.392. The second kappa shape index (κ2) is 4.92. The van der Waals surface area contributed by atoms with E-state index in [2.05, 4.69) is 5.16 Å². The van der Waals surface area contributed by atoms with Gasteiger partial charge in [-0.15, -0.1) is 0 Å². The Balaban J connectivity index is 3.05. The number of carbonyl (C=O) groups is 1. The lowest BCUT2D eigenvalue weighted by atomic mass is 10.0. The van der Waals surface area contributed by atoms with E-state index in [0.717, 1.165) is 22.4 Å². The minimum Gasteiger partial charge on any atom is -0.313 e. The van der Waals surface area contributed by atoms with Gasteiger partial charge in [0.25, 0.3) is 0 Å². The molecule has 16 heavy (non-hydrogen) atoms. The van der Waals surface area contributed by atoms with Crippen molar-refractivity contribution in [2.45, 2.75) is 34.6 Å². The molecule has 3 heteroatoms. The molecule has 1 aromatic rings. The fraction of sp³-hybridized carbons (Fsp3) is 0.385. The second-order valence-electron chi connectivity index (χ2n) is 4.19. The number of oxime groups is 1. The molecule has 0 aliphatic rings. The van der Waals surface area contributed by atoms with E-state index in [0.29, 0.717) is 5.56 Å². The summed E-state index contributed by atoms with van der Waals surface area (Å²) in [6.07, 6.45) is 0. The monoisotopic (exact) mass is 219 g/mol. The van der Waals surface area contributed by atoms with Crippen molar-refractivity contribution in [3.8, 4) is 0 Å². The van der Waals surface area contributed by atoms with Gasteiger partial charge in [0.1, 0.15) is 0 Å². The molecule has 0 aliphatic heterocycles. The van der Waals surface area contributed by atoms with Crippen LogP contribution >= 0.6 is 0 Å². The predicted octanol–water partition coefficient (Wildman–Crippen LogP) is 3.16. The Morgan fingerprint density at radius 1 is 1.12 bits per heavy atom. The third-order valence-electron chi connectivity index (χ3n) is 2.19. The van der Waals surface area contributed by atoms with E-state index in [9.17, 15) is 4.79 Å². The van der Waals surface area contributed by atoms with Crippen LogP contribution in [0.1, 0.15) is 40.9 Å². The van der Waals surface area contributed by atoms with Crippen molar-refractivity contribution >= 4 is 11.7 Å². The number of carbonyl (C=O) groups excluding carboxylic acids is 1. The molecule has 0 N–H and O–H groups in total. The lowest BCUT2D eigenvalue weighted by Gasteiger charge is -2.08. The highest BCUT2D eigenvalue weighted by Gasteiger charge is 2.14. The van der Waals surface area contributed by atoms with Crippen LogP contribution in [0.4, 0.5) is 0 Å². The van der Waals surface area contributed by atoms with Crippen molar-refractivity contribution in [2.75, 3.05) is 0 Å². The van der Waals surface area contributed by atoms with Crippen LogP contribution in [0.15, 0.2) is 17.3 Å². The Hall–Kier alpha value is -1.64. The van der Waals surface area contributed by atoms with Crippen molar-refractivity contribution in [2.24, 2.45) is 5.16 Å². The van der Waals surface area contributed by atoms with E-state index in [1.54, 1.807) is 13.8 Å². The molecular weight excluding hydrogens is 202 g/mol. The summed E-state index contributed by atoms with van der Waals surface area (Å²) < 4.78 is 0. The van der Waals surface area contributed by atoms with Crippen LogP contribution in [-0.2, 0) is 4.84 Å². The number of nitrogens with zero attached hydrogens (tertiary/aromatic N) is 1. The fourth-order valence-electron chi connectivity index (χ4n) is 1.68. The van der Waals surface area contributed by atoms with Crippen molar-refractivity contribution in [1.29, 1.82) is 0 Å². The maximum atomic E-state index is 11.8. The van der Waals surface area contributed by atoms with Gasteiger partial charge in [-0.2, -0.15) is 0 Å². The summed E-state index contributed by atoms with van der Waals surface area (Å²) in [5.41, 5.74) is 4.31. The molecule has 0 atom stereocenters. The molecule has 0 spiro atoms. The van der Waals surface area contributed by atoms with Gasteiger partial charge in [-0.1, -0.05) is 22.9 Å². The van der Waals surface area contributed by atoms with Gasteiger partial charge >= 0.3 is 5.97 Å². The Morgan fingerprint density at radius 3 is 2.06 bits per heavy atom. The molecule has 1 rings (SSSR count).